The Morgan fingerprint density at radius 3 is 2.56 bits per heavy atom. The largest absolute Gasteiger partial charge is 0.465 e. The van der Waals surface area contributed by atoms with Crippen molar-refractivity contribution >= 4 is 29.1 Å². The van der Waals surface area contributed by atoms with Gasteiger partial charge >= 0.3 is 11.9 Å². The summed E-state index contributed by atoms with van der Waals surface area (Å²) in [7, 11) is 2.42. The van der Waals surface area contributed by atoms with Crippen LogP contribution in [0.15, 0.2) is 22.3 Å². The molecule has 0 aromatic carbocycles. The highest BCUT2D eigenvalue weighted by molar-refractivity contribution is 6.34. The summed E-state index contributed by atoms with van der Waals surface area (Å²) in [4.78, 5) is 22.6. The van der Waals surface area contributed by atoms with Crippen molar-refractivity contribution in [3.63, 3.8) is 0 Å². The highest BCUT2D eigenvalue weighted by Gasteiger charge is 2.23. The third kappa shape index (κ3) is 2.25. The number of hydrogen-bond acceptors (Lipinski definition) is 5. The van der Waals surface area contributed by atoms with Gasteiger partial charge in [-0.15, -0.1) is 0 Å². The summed E-state index contributed by atoms with van der Waals surface area (Å²) in [6, 6.07) is 1.38. The molecular formula is C10H9ClO5. The Hall–Kier alpha value is -1.75. The Labute approximate surface area is 96.6 Å². The first kappa shape index (κ1) is 12.3. The van der Waals surface area contributed by atoms with Crippen LogP contribution in [0.3, 0.4) is 0 Å². The maximum absolute atomic E-state index is 11.3. The number of carbonyl (C=O) groups is 2. The summed E-state index contributed by atoms with van der Waals surface area (Å²) in [6.45, 7) is 0. The van der Waals surface area contributed by atoms with Crippen molar-refractivity contribution in [3.05, 3.63) is 29.2 Å². The first-order chi connectivity index (χ1) is 7.65. The molecule has 1 rings (SSSR count). The SMILES string of the molecule is COC(=O)C(=CCl)c1occc1C(=O)OC. The molecule has 0 aliphatic rings. The molecule has 1 aromatic rings. The van der Waals surface area contributed by atoms with Gasteiger partial charge in [0.05, 0.1) is 20.5 Å². The van der Waals surface area contributed by atoms with Crippen LogP contribution in [0, 0.1) is 0 Å². The van der Waals surface area contributed by atoms with Crippen molar-refractivity contribution in [1.29, 1.82) is 0 Å². The molecule has 1 aromatic heterocycles. The van der Waals surface area contributed by atoms with Crippen LogP contribution in [0.5, 0.6) is 0 Å². The molecule has 0 fully saturated rings. The minimum atomic E-state index is -0.699. The number of halogens is 1. The van der Waals surface area contributed by atoms with E-state index < -0.39 is 11.9 Å². The average Bonchev–Trinajstić information content (AvgIpc) is 2.77. The second-order valence-corrected chi connectivity index (χ2v) is 2.89. The maximum atomic E-state index is 11.3. The molecule has 0 saturated heterocycles. The van der Waals surface area contributed by atoms with Crippen LogP contribution in [0.1, 0.15) is 16.1 Å². The lowest BCUT2D eigenvalue weighted by atomic mass is 10.1. The fourth-order valence-electron chi connectivity index (χ4n) is 1.09. The smallest absolute Gasteiger partial charge is 0.342 e. The zero-order valence-corrected chi connectivity index (χ0v) is 9.41. The number of esters is 2. The van der Waals surface area contributed by atoms with E-state index in [9.17, 15) is 9.59 Å². The first-order valence-electron chi connectivity index (χ1n) is 4.20. The molecule has 5 nitrogen and oxygen atoms in total. The number of carbonyl (C=O) groups excluding carboxylic acids is 2. The molecule has 0 bridgehead atoms. The van der Waals surface area contributed by atoms with Crippen LogP contribution in [-0.4, -0.2) is 26.2 Å². The van der Waals surface area contributed by atoms with E-state index in [1.54, 1.807) is 0 Å². The first-order valence-corrected chi connectivity index (χ1v) is 4.64. The summed E-state index contributed by atoms with van der Waals surface area (Å²) in [5.41, 5.74) is 1.05. The van der Waals surface area contributed by atoms with E-state index in [1.165, 1.54) is 26.5 Å². The van der Waals surface area contributed by atoms with E-state index >= 15 is 0 Å². The second-order valence-electron chi connectivity index (χ2n) is 2.67. The molecule has 6 heteroatoms. The second kappa shape index (κ2) is 5.37. The van der Waals surface area contributed by atoms with Gasteiger partial charge < -0.3 is 13.9 Å². The molecule has 0 aliphatic heterocycles. The van der Waals surface area contributed by atoms with Crippen LogP contribution in [0.4, 0.5) is 0 Å². The van der Waals surface area contributed by atoms with Crippen LogP contribution in [-0.2, 0) is 14.3 Å². The molecule has 0 unspecified atom stereocenters. The summed E-state index contributed by atoms with van der Waals surface area (Å²) in [6.07, 6.45) is 1.25. The van der Waals surface area contributed by atoms with Gasteiger partial charge in [-0.25, -0.2) is 9.59 Å². The van der Waals surface area contributed by atoms with Gasteiger partial charge in [0.15, 0.2) is 5.76 Å². The van der Waals surface area contributed by atoms with E-state index in [-0.39, 0.29) is 16.9 Å². The number of rotatable bonds is 3. The Morgan fingerprint density at radius 1 is 1.38 bits per heavy atom. The Balaban J connectivity index is 3.17. The molecule has 0 atom stereocenters. The highest BCUT2D eigenvalue weighted by Crippen LogP contribution is 2.23. The van der Waals surface area contributed by atoms with E-state index in [4.69, 9.17) is 16.0 Å². The minimum Gasteiger partial charge on any atom is -0.465 e. The van der Waals surface area contributed by atoms with Crippen molar-refractivity contribution in [1.82, 2.24) is 0 Å². The predicted molar refractivity (Wildman–Crippen MR) is 55.9 cm³/mol. The van der Waals surface area contributed by atoms with E-state index in [1.807, 2.05) is 0 Å². The predicted octanol–water partition coefficient (Wildman–Crippen LogP) is 1.82. The molecule has 0 radical (unpaired) electrons. The molecule has 0 saturated carbocycles. The molecule has 0 aliphatic carbocycles. The third-order valence-corrected chi connectivity index (χ3v) is 2.05. The van der Waals surface area contributed by atoms with Crippen LogP contribution >= 0.6 is 11.6 Å². The summed E-state index contributed by atoms with van der Waals surface area (Å²) in [5.74, 6) is -1.30. The fraction of sp³-hybridized carbons (Fsp3) is 0.200. The molecule has 0 spiro atoms. The Morgan fingerprint density at radius 2 is 2.06 bits per heavy atom. The molecule has 0 N–H and O–H groups in total. The highest BCUT2D eigenvalue weighted by atomic mass is 35.5. The third-order valence-electron chi connectivity index (χ3n) is 1.83. The molecule has 1 heterocycles. The number of furan rings is 1. The molecule has 86 valence electrons. The summed E-state index contributed by atoms with van der Waals surface area (Å²) < 4.78 is 14.0. The van der Waals surface area contributed by atoms with Crippen molar-refractivity contribution in [2.24, 2.45) is 0 Å². The van der Waals surface area contributed by atoms with Gasteiger partial charge in [-0.2, -0.15) is 0 Å². The van der Waals surface area contributed by atoms with Crippen molar-refractivity contribution in [3.8, 4) is 0 Å². The average molecular weight is 245 g/mol. The minimum absolute atomic E-state index is 0.0219. The quantitative estimate of drug-likeness (QED) is 0.599. The van der Waals surface area contributed by atoms with Crippen molar-refractivity contribution in [2.75, 3.05) is 14.2 Å². The fourth-order valence-corrected chi connectivity index (χ4v) is 1.27. The van der Waals surface area contributed by atoms with Crippen LogP contribution < -0.4 is 0 Å². The lowest BCUT2D eigenvalue weighted by Gasteiger charge is -2.03. The summed E-state index contributed by atoms with van der Waals surface area (Å²) >= 11 is 5.48. The van der Waals surface area contributed by atoms with Crippen LogP contribution in [0.25, 0.3) is 5.57 Å². The van der Waals surface area contributed by atoms with E-state index in [0.717, 1.165) is 5.54 Å². The lowest BCUT2D eigenvalue weighted by Crippen LogP contribution is -2.08. The zero-order valence-electron chi connectivity index (χ0n) is 8.65. The number of hydrogen-bond donors (Lipinski definition) is 0. The van der Waals surface area contributed by atoms with Gasteiger partial charge in [0.25, 0.3) is 0 Å². The van der Waals surface area contributed by atoms with Gasteiger partial charge in [-0.1, -0.05) is 11.6 Å². The van der Waals surface area contributed by atoms with Gasteiger partial charge in [-0.3, -0.25) is 0 Å². The van der Waals surface area contributed by atoms with E-state index in [0.29, 0.717) is 0 Å². The lowest BCUT2D eigenvalue weighted by molar-refractivity contribution is -0.133. The normalized spacial score (nSPS) is 11.1. The Bertz CT molecular complexity index is 432. The van der Waals surface area contributed by atoms with Gasteiger partial charge in [-0.05, 0) is 6.07 Å². The van der Waals surface area contributed by atoms with Crippen molar-refractivity contribution < 1.29 is 23.5 Å². The van der Waals surface area contributed by atoms with E-state index in [2.05, 4.69) is 9.47 Å². The zero-order chi connectivity index (χ0) is 12.1. The standard InChI is InChI=1S/C10H9ClO5/c1-14-9(12)6-3-4-16-8(6)7(5-11)10(13)15-2/h3-5H,1-2H3. The van der Waals surface area contributed by atoms with Crippen molar-refractivity contribution in [2.45, 2.75) is 0 Å². The van der Waals surface area contributed by atoms with Gasteiger partial charge in [0.1, 0.15) is 11.1 Å². The molecular weight excluding hydrogens is 236 g/mol. The van der Waals surface area contributed by atoms with Gasteiger partial charge in [0.2, 0.25) is 0 Å². The molecule has 0 amide bonds. The topological polar surface area (TPSA) is 65.7 Å². The summed E-state index contributed by atoms with van der Waals surface area (Å²) in [5, 5.41) is 0. The maximum Gasteiger partial charge on any atom is 0.342 e. The Kier molecular flexibility index (Phi) is 4.13. The number of methoxy groups -OCH3 is 2. The van der Waals surface area contributed by atoms with Crippen LogP contribution in [0.2, 0.25) is 0 Å². The monoisotopic (exact) mass is 244 g/mol. The number of ether oxygens (including phenoxy) is 2. The van der Waals surface area contributed by atoms with Gasteiger partial charge in [0, 0.05) is 5.54 Å². The molecule has 16 heavy (non-hydrogen) atoms.